The molecule has 27 heavy (non-hydrogen) atoms. The zero-order chi connectivity index (χ0) is 19.0. The number of carbonyl (C=O) groups is 1. The number of pyridine rings is 1. The molecule has 4 rings (SSSR count). The molecule has 134 valence electrons. The van der Waals surface area contributed by atoms with Crippen LogP contribution in [-0.2, 0) is 11.2 Å². The van der Waals surface area contributed by atoms with Gasteiger partial charge in [-0.2, -0.15) is 0 Å². The normalized spacial score (nSPS) is 14.3. The highest BCUT2D eigenvalue weighted by Crippen LogP contribution is 2.38. The first kappa shape index (κ1) is 17.2. The maximum atomic E-state index is 12.5. The van der Waals surface area contributed by atoms with Crippen LogP contribution in [0.2, 0.25) is 0 Å². The van der Waals surface area contributed by atoms with Gasteiger partial charge >= 0.3 is 0 Å². The number of nitrogens with one attached hydrogen (secondary N) is 1. The average Bonchev–Trinajstić information content (AvgIpc) is 2.98. The molecule has 1 N–H and O–H groups in total. The first-order chi connectivity index (χ1) is 13.1. The van der Waals surface area contributed by atoms with Crippen LogP contribution in [-0.4, -0.2) is 10.9 Å². The number of hydrogen-bond acceptors (Lipinski definition) is 2. The number of aryl methyl sites for hydroxylation is 3. The lowest BCUT2D eigenvalue weighted by Crippen LogP contribution is -2.03. The molecule has 0 saturated carbocycles. The molecular formula is C24H22N2O. The van der Waals surface area contributed by atoms with Gasteiger partial charge in [0.05, 0.1) is 0 Å². The number of nitrogens with zero attached hydrogens (tertiary/aromatic N) is 1. The summed E-state index contributed by atoms with van der Waals surface area (Å²) in [7, 11) is 0. The number of hydrogen-bond donors (Lipinski definition) is 1. The predicted molar refractivity (Wildman–Crippen MR) is 111 cm³/mol. The second-order valence-corrected chi connectivity index (χ2v) is 6.97. The lowest BCUT2D eigenvalue weighted by atomic mass is 9.91. The van der Waals surface area contributed by atoms with Crippen LogP contribution in [0.1, 0.15) is 34.9 Å². The Labute approximate surface area is 159 Å². The number of rotatable bonds is 3. The van der Waals surface area contributed by atoms with Crippen LogP contribution in [0.3, 0.4) is 0 Å². The van der Waals surface area contributed by atoms with Gasteiger partial charge in [0.25, 0.3) is 5.91 Å². The van der Waals surface area contributed by atoms with Crippen molar-refractivity contribution in [3.63, 3.8) is 0 Å². The van der Waals surface area contributed by atoms with Crippen LogP contribution in [0, 0.1) is 13.8 Å². The fourth-order valence-electron chi connectivity index (χ4n) is 3.65. The Morgan fingerprint density at radius 3 is 2.67 bits per heavy atom. The van der Waals surface area contributed by atoms with E-state index >= 15 is 0 Å². The Balaban J connectivity index is 1.84. The molecule has 1 aliphatic rings. The molecule has 0 spiro atoms. The summed E-state index contributed by atoms with van der Waals surface area (Å²) in [5.41, 5.74) is 9.36. The van der Waals surface area contributed by atoms with Gasteiger partial charge in [-0.1, -0.05) is 37.3 Å². The Kier molecular flexibility index (Phi) is 4.36. The van der Waals surface area contributed by atoms with Gasteiger partial charge in [0.2, 0.25) is 0 Å². The quantitative estimate of drug-likeness (QED) is 0.638. The van der Waals surface area contributed by atoms with E-state index in [0.717, 1.165) is 34.5 Å². The lowest BCUT2D eigenvalue weighted by Gasteiger charge is -2.13. The summed E-state index contributed by atoms with van der Waals surface area (Å²) < 4.78 is 0. The molecule has 1 aromatic heterocycles. The zero-order valence-electron chi connectivity index (χ0n) is 15.8. The van der Waals surface area contributed by atoms with Crippen molar-refractivity contribution in [3.05, 3.63) is 82.7 Å². The first-order valence-electron chi connectivity index (χ1n) is 9.26. The van der Waals surface area contributed by atoms with Crippen molar-refractivity contribution >= 4 is 23.2 Å². The summed E-state index contributed by atoms with van der Waals surface area (Å²) in [6, 6.07) is 16.6. The molecular weight excluding hydrogens is 332 g/mol. The third kappa shape index (κ3) is 3.17. The van der Waals surface area contributed by atoms with Gasteiger partial charge in [0.1, 0.15) is 0 Å². The molecule has 0 aliphatic carbocycles. The van der Waals surface area contributed by atoms with Gasteiger partial charge in [-0.05, 0) is 72.4 Å². The largest absolute Gasteiger partial charge is 0.321 e. The summed E-state index contributed by atoms with van der Waals surface area (Å²) in [5, 5.41) is 2.97. The van der Waals surface area contributed by atoms with Gasteiger partial charge in [-0.15, -0.1) is 0 Å². The molecule has 0 bridgehead atoms. The highest BCUT2D eigenvalue weighted by Gasteiger charge is 2.25. The first-order valence-corrected chi connectivity index (χ1v) is 9.26. The summed E-state index contributed by atoms with van der Waals surface area (Å²) in [4.78, 5) is 16.9. The van der Waals surface area contributed by atoms with Crippen molar-refractivity contribution in [2.24, 2.45) is 0 Å². The Bertz CT molecular complexity index is 1060. The van der Waals surface area contributed by atoms with E-state index in [9.17, 15) is 4.79 Å². The summed E-state index contributed by atoms with van der Waals surface area (Å²) >= 11 is 0. The second-order valence-electron chi connectivity index (χ2n) is 6.97. The summed E-state index contributed by atoms with van der Waals surface area (Å²) in [5.74, 6) is -0.0665. The van der Waals surface area contributed by atoms with Crippen molar-refractivity contribution < 1.29 is 4.79 Å². The van der Waals surface area contributed by atoms with E-state index in [1.165, 1.54) is 16.7 Å². The zero-order valence-corrected chi connectivity index (χ0v) is 15.8. The van der Waals surface area contributed by atoms with E-state index < -0.39 is 0 Å². The topological polar surface area (TPSA) is 42.0 Å². The summed E-state index contributed by atoms with van der Waals surface area (Å²) in [6.45, 7) is 6.26. The maximum absolute atomic E-state index is 12.5. The molecule has 3 aromatic rings. The monoisotopic (exact) mass is 354 g/mol. The molecule has 3 nitrogen and oxygen atoms in total. The Hall–Kier alpha value is -3.20. The van der Waals surface area contributed by atoms with E-state index in [1.807, 2.05) is 31.2 Å². The van der Waals surface area contributed by atoms with Crippen LogP contribution in [0.5, 0.6) is 0 Å². The number of aromatic nitrogens is 1. The fraction of sp³-hybridized carbons (Fsp3) is 0.167. The van der Waals surface area contributed by atoms with Crippen LogP contribution < -0.4 is 5.32 Å². The van der Waals surface area contributed by atoms with Gasteiger partial charge in [-0.3, -0.25) is 9.78 Å². The highest BCUT2D eigenvalue weighted by molar-refractivity contribution is 6.35. The van der Waals surface area contributed by atoms with E-state index in [-0.39, 0.29) is 5.91 Å². The average molecular weight is 354 g/mol. The van der Waals surface area contributed by atoms with Gasteiger partial charge in [0.15, 0.2) is 0 Å². The van der Waals surface area contributed by atoms with Crippen LogP contribution in [0.4, 0.5) is 5.69 Å². The van der Waals surface area contributed by atoms with Crippen molar-refractivity contribution in [1.82, 2.24) is 4.98 Å². The van der Waals surface area contributed by atoms with Crippen molar-refractivity contribution in [2.75, 3.05) is 5.32 Å². The third-order valence-corrected chi connectivity index (χ3v) is 5.08. The maximum Gasteiger partial charge on any atom is 0.256 e. The van der Waals surface area contributed by atoms with Crippen molar-refractivity contribution in [3.8, 4) is 11.1 Å². The molecule has 2 heterocycles. The SMILES string of the molecule is CCc1cccc(C)c1-c1ccc2c(c1)/C(=C\c1ccc(C)nc1)C(=O)N2. The van der Waals surface area contributed by atoms with Gasteiger partial charge in [0, 0.05) is 28.7 Å². The Morgan fingerprint density at radius 2 is 1.93 bits per heavy atom. The molecule has 1 amide bonds. The number of anilines is 1. The number of fused-ring (bicyclic) bond motifs is 1. The number of amides is 1. The fourth-order valence-corrected chi connectivity index (χ4v) is 3.65. The molecule has 0 saturated heterocycles. The molecule has 3 heteroatoms. The Morgan fingerprint density at radius 1 is 1.07 bits per heavy atom. The summed E-state index contributed by atoms with van der Waals surface area (Å²) in [6.07, 6.45) is 4.69. The van der Waals surface area contributed by atoms with E-state index in [1.54, 1.807) is 6.20 Å². The van der Waals surface area contributed by atoms with Crippen LogP contribution >= 0.6 is 0 Å². The van der Waals surface area contributed by atoms with E-state index in [0.29, 0.717) is 5.57 Å². The van der Waals surface area contributed by atoms with Crippen molar-refractivity contribution in [1.29, 1.82) is 0 Å². The molecule has 0 fully saturated rings. The van der Waals surface area contributed by atoms with Gasteiger partial charge in [-0.25, -0.2) is 0 Å². The lowest BCUT2D eigenvalue weighted by molar-refractivity contribution is -0.110. The molecule has 2 aromatic carbocycles. The minimum Gasteiger partial charge on any atom is -0.321 e. The highest BCUT2D eigenvalue weighted by atomic mass is 16.2. The third-order valence-electron chi connectivity index (χ3n) is 5.08. The smallest absolute Gasteiger partial charge is 0.256 e. The van der Waals surface area contributed by atoms with E-state index in [4.69, 9.17) is 0 Å². The molecule has 0 radical (unpaired) electrons. The molecule has 1 aliphatic heterocycles. The van der Waals surface area contributed by atoms with Crippen LogP contribution in [0.25, 0.3) is 22.8 Å². The van der Waals surface area contributed by atoms with Crippen molar-refractivity contribution in [2.45, 2.75) is 27.2 Å². The minimum atomic E-state index is -0.0665. The van der Waals surface area contributed by atoms with Crippen LogP contribution in [0.15, 0.2) is 54.7 Å². The standard InChI is InChI=1S/C24H22N2O/c1-4-18-7-5-6-15(2)23(18)19-10-11-22-20(13-19)21(24(27)26-22)12-17-9-8-16(3)25-14-17/h5-14H,4H2,1-3H3,(H,26,27)/b21-12+. The number of carbonyl (C=O) groups excluding carboxylic acids is 1. The number of benzene rings is 2. The minimum absolute atomic E-state index is 0.0665. The van der Waals surface area contributed by atoms with Gasteiger partial charge < -0.3 is 5.32 Å². The predicted octanol–water partition coefficient (Wildman–Crippen LogP) is 5.42. The molecule has 0 atom stereocenters. The second kappa shape index (κ2) is 6.84. The van der Waals surface area contributed by atoms with E-state index in [2.05, 4.69) is 54.5 Å². The molecule has 0 unspecified atom stereocenters.